The number of ketones is 1. The standard InChI is InChI=1S/C33H34F3N5O/c1-22-5-7-24(16-26(22)31-19-32(20-31,21-31)29-18-41-30(38-29)4-3-9-37-41)28(42)15-23-6-8-25(27(14-23)33(34,35)36)17-40-12-10-39(2)11-13-40/h3-9,14,16,18H,10-13,15,17,19-21H2,1-2H3. The van der Waals surface area contributed by atoms with Crippen molar-refractivity contribution >= 4 is 11.4 Å². The number of Topliss-reactive ketones (excluding diaryl/α,β-unsaturated/α-hetero) is 1. The van der Waals surface area contributed by atoms with Crippen molar-refractivity contribution in [2.45, 2.75) is 56.2 Å². The van der Waals surface area contributed by atoms with E-state index in [0.717, 1.165) is 62.3 Å². The molecule has 2 bridgehead atoms. The van der Waals surface area contributed by atoms with E-state index in [4.69, 9.17) is 4.98 Å². The lowest BCUT2D eigenvalue weighted by atomic mass is 9.32. The minimum atomic E-state index is -4.48. The number of hydrogen-bond acceptors (Lipinski definition) is 5. The number of rotatable bonds is 7. The first-order valence-corrected chi connectivity index (χ1v) is 14.6. The van der Waals surface area contributed by atoms with Crippen LogP contribution in [0.25, 0.3) is 5.65 Å². The molecule has 9 heteroatoms. The summed E-state index contributed by atoms with van der Waals surface area (Å²) in [6.07, 6.45) is 2.17. The van der Waals surface area contributed by atoms with Crippen LogP contribution in [0.3, 0.4) is 0 Å². The summed E-state index contributed by atoms with van der Waals surface area (Å²) in [7, 11) is 2.02. The molecule has 4 aliphatic rings. The van der Waals surface area contributed by atoms with E-state index in [9.17, 15) is 18.0 Å². The van der Waals surface area contributed by atoms with Crippen LogP contribution in [-0.4, -0.2) is 63.4 Å². The molecule has 1 aliphatic heterocycles. The van der Waals surface area contributed by atoms with E-state index < -0.39 is 11.7 Å². The van der Waals surface area contributed by atoms with Gasteiger partial charge in [-0.1, -0.05) is 24.3 Å². The molecule has 42 heavy (non-hydrogen) atoms. The van der Waals surface area contributed by atoms with Gasteiger partial charge in [0.2, 0.25) is 0 Å². The molecule has 3 heterocycles. The summed E-state index contributed by atoms with van der Waals surface area (Å²) in [5.74, 6) is -0.163. The van der Waals surface area contributed by atoms with Gasteiger partial charge in [-0.25, -0.2) is 9.50 Å². The normalized spacial score (nSPS) is 24.4. The Bertz CT molecular complexity index is 1630. The van der Waals surface area contributed by atoms with Crippen molar-refractivity contribution in [3.8, 4) is 0 Å². The van der Waals surface area contributed by atoms with Gasteiger partial charge < -0.3 is 4.90 Å². The zero-order chi connectivity index (χ0) is 29.3. The number of halogens is 3. The van der Waals surface area contributed by atoms with Crippen molar-refractivity contribution in [2.75, 3.05) is 33.2 Å². The molecular formula is C33H34F3N5O. The molecule has 2 aromatic carbocycles. The number of fused-ring (bicyclic) bond motifs is 1. The number of likely N-dealkylation sites (N-methyl/N-ethyl adjacent to an activating group) is 1. The van der Waals surface area contributed by atoms with E-state index in [2.05, 4.69) is 21.8 Å². The van der Waals surface area contributed by atoms with Crippen molar-refractivity contribution in [3.63, 3.8) is 0 Å². The predicted octanol–water partition coefficient (Wildman–Crippen LogP) is 5.60. The maximum Gasteiger partial charge on any atom is 0.416 e. The molecule has 4 fully saturated rings. The van der Waals surface area contributed by atoms with E-state index in [1.54, 1.807) is 18.3 Å². The Balaban J connectivity index is 1.07. The number of nitrogens with zero attached hydrogens (tertiary/aromatic N) is 5. The number of alkyl halides is 3. The van der Waals surface area contributed by atoms with Gasteiger partial charge in [0, 0.05) is 56.3 Å². The summed E-state index contributed by atoms with van der Waals surface area (Å²) >= 11 is 0. The summed E-state index contributed by atoms with van der Waals surface area (Å²) in [6.45, 7) is 5.48. The third kappa shape index (κ3) is 4.63. The second-order valence-corrected chi connectivity index (χ2v) is 12.7. The maximum absolute atomic E-state index is 14.1. The monoisotopic (exact) mass is 573 g/mol. The van der Waals surface area contributed by atoms with Crippen LogP contribution in [0.5, 0.6) is 0 Å². The number of piperazine rings is 1. The highest BCUT2D eigenvalue weighted by Crippen LogP contribution is 2.74. The Morgan fingerprint density at radius 2 is 1.74 bits per heavy atom. The topological polar surface area (TPSA) is 53.7 Å². The van der Waals surface area contributed by atoms with E-state index in [1.165, 1.54) is 11.6 Å². The molecule has 0 spiro atoms. The molecule has 0 amide bonds. The first-order chi connectivity index (χ1) is 20.0. The van der Waals surface area contributed by atoms with Crippen LogP contribution in [0.2, 0.25) is 0 Å². The third-order valence-electron chi connectivity index (χ3n) is 9.78. The van der Waals surface area contributed by atoms with E-state index in [-0.39, 0.29) is 35.1 Å². The van der Waals surface area contributed by atoms with E-state index in [0.29, 0.717) is 11.1 Å². The molecule has 218 valence electrons. The van der Waals surface area contributed by atoms with E-state index >= 15 is 0 Å². The largest absolute Gasteiger partial charge is 0.416 e. The smallest absolute Gasteiger partial charge is 0.304 e. The summed E-state index contributed by atoms with van der Waals surface area (Å²) < 4.78 is 44.0. The van der Waals surface area contributed by atoms with Crippen molar-refractivity contribution in [2.24, 2.45) is 0 Å². The number of aryl methyl sites for hydroxylation is 1. The van der Waals surface area contributed by atoms with Crippen LogP contribution in [-0.2, 0) is 30.0 Å². The Morgan fingerprint density at radius 1 is 0.976 bits per heavy atom. The second kappa shape index (κ2) is 9.74. The minimum Gasteiger partial charge on any atom is -0.304 e. The molecular weight excluding hydrogens is 539 g/mol. The second-order valence-electron chi connectivity index (χ2n) is 12.7. The average Bonchev–Trinajstić information content (AvgIpc) is 3.33. The van der Waals surface area contributed by atoms with Gasteiger partial charge in [0.1, 0.15) is 0 Å². The average molecular weight is 574 g/mol. The van der Waals surface area contributed by atoms with Crippen LogP contribution >= 0.6 is 0 Å². The number of imidazole rings is 1. The molecule has 0 unspecified atom stereocenters. The van der Waals surface area contributed by atoms with Crippen molar-refractivity contribution in [1.29, 1.82) is 0 Å². The number of carbonyl (C=O) groups is 1. The number of aromatic nitrogens is 3. The van der Waals surface area contributed by atoms with Gasteiger partial charge in [-0.05, 0) is 85.2 Å². The minimum absolute atomic E-state index is 0.0258. The molecule has 3 saturated carbocycles. The summed E-state index contributed by atoms with van der Waals surface area (Å²) in [5.41, 5.74) is 4.89. The van der Waals surface area contributed by atoms with Crippen LogP contribution in [0.15, 0.2) is 60.9 Å². The zero-order valence-corrected chi connectivity index (χ0v) is 23.9. The molecule has 6 nitrogen and oxygen atoms in total. The Hall–Kier alpha value is -3.56. The predicted molar refractivity (Wildman–Crippen MR) is 154 cm³/mol. The number of hydrogen-bond donors (Lipinski definition) is 0. The molecule has 3 aliphatic carbocycles. The van der Waals surface area contributed by atoms with Gasteiger partial charge in [-0.2, -0.15) is 18.3 Å². The lowest BCUT2D eigenvalue weighted by Crippen LogP contribution is -2.67. The van der Waals surface area contributed by atoms with Crippen molar-refractivity contribution in [1.82, 2.24) is 24.4 Å². The fourth-order valence-corrected chi connectivity index (χ4v) is 7.47. The van der Waals surface area contributed by atoms with Gasteiger partial charge in [0.25, 0.3) is 0 Å². The van der Waals surface area contributed by atoms with Crippen LogP contribution in [0.4, 0.5) is 13.2 Å². The summed E-state index contributed by atoms with van der Waals surface area (Å²) in [6, 6.07) is 14.0. The van der Waals surface area contributed by atoms with Crippen LogP contribution < -0.4 is 0 Å². The fraction of sp³-hybridized carbons (Fsp3) is 0.424. The maximum atomic E-state index is 14.1. The first kappa shape index (κ1) is 27.3. The fourth-order valence-electron chi connectivity index (χ4n) is 7.47. The Morgan fingerprint density at radius 3 is 2.45 bits per heavy atom. The molecule has 1 saturated heterocycles. The molecule has 8 rings (SSSR count). The number of benzene rings is 2. The van der Waals surface area contributed by atoms with Gasteiger partial charge in [-0.15, -0.1) is 0 Å². The zero-order valence-electron chi connectivity index (χ0n) is 23.9. The van der Waals surface area contributed by atoms with E-state index in [1.807, 2.05) is 48.1 Å². The summed E-state index contributed by atoms with van der Waals surface area (Å²) in [4.78, 5) is 22.4. The molecule has 0 atom stereocenters. The van der Waals surface area contributed by atoms with Crippen molar-refractivity contribution in [3.05, 3.63) is 100.0 Å². The highest BCUT2D eigenvalue weighted by molar-refractivity contribution is 5.98. The Kier molecular flexibility index (Phi) is 6.33. The first-order valence-electron chi connectivity index (χ1n) is 14.6. The quantitative estimate of drug-likeness (QED) is 0.270. The lowest BCUT2D eigenvalue weighted by molar-refractivity contribution is -0.138. The Labute approximate surface area is 243 Å². The van der Waals surface area contributed by atoms with Gasteiger partial charge in [0.15, 0.2) is 11.4 Å². The lowest BCUT2D eigenvalue weighted by Gasteiger charge is -2.70. The number of carbonyl (C=O) groups excluding carboxylic acids is 1. The SMILES string of the molecule is Cc1ccc(C(=O)Cc2ccc(CN3CCN(C)CC3)c(C(F)(F)F)c2)cc1C12CC(c3cn4ncccc4n3)(C1)C2. The molecule has 0 N–H and O–H groups in total. The van der Waals surface area contributed by atoms with Gasteiger partial charge in [0.05, 0.1) is 17.5 Å². The van der Waals surface area contributed by atoms with Gasteiger partial charge >= 0.3 is 6.18 Å². The van der Waals surface area contributed by atoms with Crippen LogP contribution in [0, 0.1) is 6.92 Å². The molecule has 2 aromatic heterocycles. The summed E-state index contributed by atoms with van der Waals surface area (Å²) in [5, 5.41) is 4.35. The molecule has 0 radical (unpaired) electrons. The highest BCUT2D eigenvalue weighted by atomic mass is 19.4. The van der Waals surface area contributed by atoms with Gasteiger partial charge in [-0.3, -0.25) is 9.69 Å². The highest BCUT2D eigenvalue weighted by Gasteiger charge is 2.70. The van der Waals surface area contributed by atoms with Crippen molar-refractivity contribution < 1.29 is 18.0 Å². The third-order valence-corrected chi connectivity index (χ3v) is 9.78. The molecule has 4 aromatic rings. The van der Waals surface area contributed by atoms with Crippen LogP contribution in [0.1, 0.15) is 63.1 Å².